The van der Waals surface area contributed by atoms with Gasteiger partial charge in [0, 0.05) is 0 Å². The van der Waals surface area contributed by atoms with Gasteiger partial charge in [-0.3, -0.25) is 4.79 Å². The second kappa shape index (κ2) is 5.14. The molecule has 1 heterocycles. The first-order valence-corrected chi connectivity index (χ1v) is 5.45. The van der Waals surface area contributed by atoms with Crippen molar-refractivity contribution in [3.05, 3.63) is 29.0 Å². The van der Waals surface area contributed by atoms with Crippen LogP contribution in [-0.4, -0.2) is 27.5 Å². The molecule has 2 N–H and O–H groups in total. The molecule has 0 fully saturated rings. The fourth-order valence-electron chi connectivity index (χ4n) is 1.14. The summed E-state index contributed by atoms with van der Waals surface area (Å²) in [7, 11) is 0. The van der Waals surface area contributed by atoms with Crippen LogP contribution < -0.4 is 5.32 Å². The fourth-order valence-corrected chi connectivity index (χ4v) is 1.31. The quantitative estimate of drug-likeness (QED) is 0.804. The summed E-state index contributed by atoms with van der Waals surface area (Å²) in [6.07, 6.45) is 0.272. The van der Waals surface area contributed by atoms with Crippen molar-refractivity contribution in [2.45, 2.75) is 25.8 Å². The molecule has 92 valence electrons. The summed E-state index contributed by atoms with van der Waals surface area (Å²) in [5.74, 6) is -1.64. The lowest BCUT2D eigenvalue weighted by Crippen LogP contribution is -2.51. The summed E-state index contributed by atoms with van der Waals surface area (Å²) in [6, 6.07) is 4.59. The first-order chi connectivity index (χ1) is 7.89. The highest BCUT2D eigenvalue weighted by atomic mass is 35.5. The molecule has 5 nitrogen and oxygen atoms in total. The van der Waals surface area contributed by atoms with Crippen LogP contribution in [0.4, 0.5) is 0 Å². The molecule has 1 rings (SSSR count). The molecule has 1 aromatic heterocycles. The SMILES string of the molecule is CCC(C)(NC(=O)c1cccc(Cl)n1)C(=O)O. The Hall–Kier alpha value is -1.62. The number of amides is 1. The van der Waals surface area contributed by atoms with Crippen molar-refractivity contribution < 1.29 is 14.7 Å². The van der Waals surface area contributed by atoms with Crippen LogP contribution in [0, 0.1) is 0 Å². The molecule has 1 unspecified atom stereocenters. The van der Waals surface area contributed by atoms with Gasteiger partial charge in [-0.15, -0.1) is 0 Å². The van der Waals surface area contributed by atoms with Gasteiger partial charge in [-0.1, -0.05) is 24.6 Å². The Bertz CT molecular complexity index is 450. The first-order valence-electron chi connectivity index (χ1n) is 5.07. The van der Waals surface area contributed by atoms with Crippen molar-refractivity contribution in [2.75, 3.05) is 0 Å². The highest BCUT2D eigenvalue weighted by molar-refractivity contribution is 6.29. The first kappa shape index (κ1) is 13.4. The molecule has 17 heavy (non-hydrogen) atoms. The molecule has 0 saturated heterocycles. The maximum Gasteiger partial charge on any atom is 0.329 e. The van der Waals surface area contributed by atoms with E-state index in [1.165, 1.54) is 19.1 Å². The Balaban J connectivity index is 2.89. The lowest BCUT2D eigenvalue weighted by atomic mass is 9.99. The molecule has 1 atom stereocenters. The molecular formula is C11H13ClN2O3. The Morgan fingerprint density at radius 3 is 2.65 bits per heavy atom. The van der Waals surface area contributed by atoms with E-state index in [4.69, 9.17) is 16.7 Å². The van der Waals surface area contributed by atoms with Crippen LogP contribution >= 0.6 is 11.6 Å². The van der Waals surface area contributed by atoms with Crippen molar-refractivity contribution in [1.82, 2.24) is 10.3 Å². The van der Waals surface area contributed by atoms with E-state index in [9.17, 15) is 9.59 Å². The number of nitrogens with one attached hydrogen (secondary N) is 1. The van der Waals surface area contributed by atoms with Crippen molar-refractivity contribution >= 4 is 23.5 Å². The van der Waals surface area contributed by atoms with E-state index >= 15 is 0 Å². The Labute approximate surface area is 104 Å². The van der Waals surface area contributed by atoms with Gasteiger partial charge in [0.2, 0.25) is 0 Å². The highest BCUT2D eigenvalue weighted by Gasteiger charge is 2.33. The van der Waals surface area contributed by atoms with Crippen LogP contribution in [-0.2, 0) is 4.79 Å². The van der Waals surface area contributed by atoms with E-state index in [1.54, 1.807) is 13.0 Å². The van der Waals surface area contributed by atoms with Crippen LogP contribution in [0.25, 0.3) is 0 Å². The standard InChI is InChI=1S/C11H13ClN2O3/c1-3-11(2,10(16)17)14-9(15)7-5-4-6-8(12)13-7/h4-6H,3H2,1-2H3,(H,14,15)(H,16,17). The van der Waals surface area contributed by atoms with Gasteiger partial charge >= 0.3 is 5.97 Å². The summed E-state index contributed by atoms with van der Waals surface area (Å²) >= 11 is 5.65. The van der Waals surface area contributed by atoms with E-state index in [-0.39, 0.29) is 17.3 Å². The number of carboxylic acid groups (broad SMARTS) is 1. The zero-order valence-corrected chi connectivity index (χ0v) is 10.3. The van der Waals surface area contributed by atoms with Gasteiger partial charge in [0.15, 0.2) is 0 Å². The number of rotatable bonds is 4. The van der Waals surface area contributed by atoms with Crippen molar-refractivity contribution in [3.8, 4) is 0 Å². The zero-order chi connectivity index (χ0) is 13.1. The van der Waals surface area contributed by atoms with E-state index in [1.807, 2.05) is 0 Å². The van der Waals surface area contributed by atoms with Crippen molar-refractivity contribution in [1.29, 1.82) is 0 Å². The van der Waals surface area contributed by atoms with Gasteiger partial charge in [-0.05, 0) is 25.5 Å². The smallest absolute Gasteiger partial charge is 0.329 e. The van der Waals surface area contributed by atoms with Gasteiger partial charge in [0.1, 0.15) is 16.4 Å². The summed E-state index contributed by atoms with van der Waals surface area (Å²) in [5.41, 5.74) is -1.21. The number of halogens is 1. The zero-order valence-electron chi connectivity index (χ0n) is 9.53. The summed E-state index contributed by atoms with van der Waals surface area (Å²) < 4.78 is 0. The number of hydrogen-bond acceptors (Lipinski definition) is 3. The number of aliphatic carboxylic acids is 1. The van der Waals surface area contributed by atoms with Crippen molar-refractivity contribution in [3.63, 3.8) is 0 Å². The molecule has 0 saturated carbocycles. The predicted octanol–water partition coefficient (Wildman–Crippen LogP) is 1.72. The van der Waals surface area contributed by atoms with Gasteiger partial charge in [-0.25, -0.2) is 9.78 Å². The number of aromatic nitrogens is 1. The van der Waals surface area contributed by atoms with E-state index in [0.29, 0.717) is 0 Å². The maximum atomic E-state index is 11.8. The molecule has 0 aliphatic heterocycles. The van der Waals surface area contributed by atoms with Crippen LogP contribution in [0.2, 0.25) is 5.15 Å². The Morgan fingerprint density at radius 1 is 1.53 bits per heavy atom. The van der Waals surface area contributed by atoms with Crippen LogP contribution in [0.5, 0.6) is 0 Å². The largest absolute Gasteiger partial charge is 0.480 e. The second-order valence-corrected chi connectivity index (χ2v) is 4.18. The molecule has 0 radical (unpaired) electrons. The van der Waals surface area contributed by atoms with Gasteiger partial charge in [0.25, 0.3) is 5.91 Å². The molecule has 0 spiro atoms. The number of pyridine rings is 1. The van der Waals surface area contributed by atoms with Gasteiger partial charge in [-0.2, -0.15) is 0 Å². The molecule has 1 aromatic rings. The molecule has 0 aliphatic rings. The number of nitrogens with zero attached hydrogens (tertiary/aromatic N) is 1. The second-order valence-electron chi connectivity index (χ2n) is 3.79. The molecule has 6 heteroatoms. The lowest BCUT2D eigenvalue weighted by Gasteiger charge is -2.24. The molecule has 0 aromatic carbocycles. The predicted molar refractivity (Wildman–Crippen MR) is 63.0 cm³/mol. The summed E-state index contributed by atoms with van der Waals surface area (Å²) in [5, 5.41) is 11.6. The molecule has 0 bridgehead atoms. The monoisotopic (exact) mass is 256 g/mol. The van der Waals surface area contributed by atoms with E-state index in [2.05, 4.69) is 10.3 Å². The highest BCUT2D eigenvalue weighted by Crippen LogP contribution is 2.11. The Kier molecular flexibility index (Phi) is 4.07. The normalized spacial score (nSPS) is 13.8. The summed E-state index contributed by atoms with van der Waals surface area (Å²) in [6.45, 7) is 3.12. The molecule has 0 aliphatic carbocycles. The number of hydrogen-bond donors (Lipinski definition) is 2. The minimum atomic E-state index is -1.30. The third kappa shape index (κ3) is 3.17. The molecule has 1 amide bonds. The van der Waals surface area contributed by atoms with Gasteiger partial charge < -0.3 is 10.4 Å². The minimum absolute atomic E-state index is 0.0958. The average molecular weight is 257 g/mol. The van der Waals surface area contributed by atoms with Crippen LogP contribution in [0.1, 0.15) is 30.8 Å². The number of carboxylic acids is 1. The third-order valence-corrected chi connectivity index (χ3v) is 2.73. The summed E-state index contributed by atoms with van der Waals surface area (Å²) in [4.78, 5) is 26.6. The van der Waals surface area contributed by atoms with Crippen LogP contribution in [0.3, 0.4) is 0 Å². The van der Waals surface area contributed by atoms with E-state index in [0.717, 1.165) is 0 Å². The fraction of sp³-hybridized carbons (Fsp3) is 0.364. The Morgan fingerprint density at radius 2 is 2.18 bits per heavy atom. The van der Waals surface area contributed by atoms with Crippen LogP contribution in [0.15, 0.2) is 18.2 Å². The van der Waals surface area contributed by atoms with Gasteiger partial charge in [0.05, 0.1) is 0 Å². The van der Waals surface area contributed by atoms with Crippen molar-refractivity contribution in [2.24, 2.45) is 0 Å². The topological polar surface area (TPSA) is 79.3 Å². The van der Waals surface area contributed by atoms with E-state index < -0.39 is 17.4 Å². The molecular weight excluding hydrogens is 244 g/mol. The average Bonchev–Trinajstić information content (AvgIpc) is 2.28. The minimum Gasteiger partial charge on any atom is -0.480 e. The lowest BCUT2D eigenvalue weighted by molar-refractivity contribution is -0.143. The maximum absolute atomic E-state index is 11.8. The number of carbonyl (C=O) groups excluding carboxylic acids is 1. The third-order valence-electron chi connectivity index (χ3n) is 2.52. The number of carbonyl (C=O) groups is 2.